The number of carbonyl (C=O) groups is 1. The van der Waals surface area contributed by atoms with Crippen molar-refractivity contribution in [2.24, 2.45) is 0 Å². The number of rotatable bonds is 7. The molecule has 0 radical (unpaired) electrons. The Hall–Kier alpha value is -2.93. The lowest BCUT2D eigenvalue weighted by atomic mass is 10.1. The number of amides is 1. The van der Waals surface area contributed by atoms with Gasteiger partial charge in [0.25, 0.3) is 5.91 Å². The van der Waals surface area contributed by atoms with Crippen molar-refractivity contribution < 1.29 is 9.53 Å². The highest BCUT2D eigenvalue weighted by atomic mass is 35.5. The highest BCUT2D eigenvalue weighted by Crippen LogP contribution is 2.33. The second kappa shape index (κ2) is 9.47. The van der Waals surface area contributed by atoms with E-state index in [-0.39, 0.29) is 5.91 Å². The average molecular weight is 452 g/mol. The molecule has 5 nitrogen and oxygen atoms in total. The van der Waals surface area contributed by atoms with Gasteiger partial charge < -0.3 is 9.64 Å². The molecule has 31 heavy (non-hydrogen) atoms. The van der Waals surface area contributed by atoms with E-state index in [4.69, 9.17) is 21.3 Å². The predicted octanol–water partition coefficient (Wildman–Crippen LogP) is 5.95. The Morgan fingerprint density at radius 1 is 1.00 bits per heavy atom. The number of halogens is 1. The number of likely N-dealkylation sites (N-methyl/N-ethyl adjacent to an activating group) is 1. The Morgan fingerprint density at radius 2 is 1.74 bits per heavy atom. The van der Waals surface area contributed by atoms with Gasteiger partial charge in [-0.05, 0) is 56.6 Å². The number of anilines is 1. The average Bonchev–Trinajstić information content (AvgIpc) is 3.17. The van der Waals surface area contributed by atoms with Gasteiger partial charge in [-0.2, -0.15) is 0 Å². The summed E-state index contributed by atoms with van der Waals surface area (Å²) in [7, 11) is 3.96. The van der Waals surface area contributed by atoms with Gasteiger partial charge in [0, 0.05) is 18.1 Å². The number of para-hydroxylation sites is 2. The SMILES string of the molecule is CN(C)CCN(C(=O)c1ccccc1Oc1ccccc1)c1nc2ccc(Cl)cc2s1. The van der Waals surface area contributed by atoms with E-state index in [1.807, 2.05) is 85.7 Å². The highest BCUT2D eigenvalue weighted by molar-refractivity contribution is 7.22. The van der Waals surface area contributed by atoms with Crippen molar-refractivity contribution >= 4 is 44.2 Å². The first-order valence-electron chi connectivity index (χ1n) is 9.86. The van der Waals surface area contributed by atoms with Crippen LogP contribution in [0, 0.1) is 0 Å². The van der Waals surface area contributed by atoms with Gasteiger partial charge in [0.15, 0.2) is 5.13 Å². The molecule has 0 aliphatic heterocycles. The minimum Gasteiger partial charge on any atom is -0.457 e. The van der Waals surface area contributed by atoms with Crippen LogP contribution in [0.15, 0.2) is 72.8 Å². The van der Waals surface area contributed by atoms with Gasteiger partial charge in [-0.3, -0.25) is 9.69 Å². The molecule has 0 saturated carbocycles. The maximum absolute atomic E-state index is 13.7. The Kier molecular flexibility index (Phi) is 6.51. The number of nitrogens with zero attached hydrogens (tertiary/aromatic N) is 3. The fourth-order valence-corrected chi connectivity index (χ4v) is 4.35. The van der Waals surface area contributed by atoms with Gasteiger partial charge in [0.05, 0.1) is 15.8 Å². The first kappa shape index (κ1) is 21.3. The third kappa shape index (κ3) is 5.05. The molecule has 0 bridgehead atoms. The highest BCUT2D eigenvalue weighted by Gasteiger charge is 2.24. The Balaban J connectivity index is 1.71. The van der Waals surface area contributed by atoms with E-state index in [2.05, 4.69) is 0 Å². The lowest BCUT2D eigenvalue weighted by Crippen LogP contribution is -2.36. The van der Waals surface area contributed by atoms with Gasteiger partial charge >= 0.3 is 0 Å². The number of fused-ring (bicyclic) bond motifs is 1. The van der Waals surface area contributed by atoms with Crippen LogP contribution in [0.4, 0.5) is 5.13 Å². The van der Waals surface area contributed by atoms with Gasteiger partial charge in [-0.1, -0.05) is 53.3 Å². The van der Waals surface area contributed by atoms with E-state index in [0.717, 1.165) is 10.2 Å². The number of aromatic nitrogens is 1. The van der Waals surface area contributed by atoms with Crippen LogP contribution < -0.4 is 9.64 Å². The Bertz CT molecular complexity index is 1190. The molecule has 0 aliphatic rings. The molecule has 0 unspecified atom stereocenters. The van der Waals surface area contributed by atoms with Crippen molar-refractivity contribution in [2.75, 3.05) is 32.1 Å². The van der Waals surface area contributed by atoms with Crippen molar-refractivity contribution in [1.29, 1.82) is 0 Å². The summed E-state index contributed by atoms with van der Waals surface area (Å²) in [5, 5.41) is 1.29. The van der Waals surface area contributed by atoms with Gasteiger partial charge in [-0.25, -0.2) is 4.98 Å². The minimum absolute atomic E-state index is 0.154. The number of carbonyl (C=O) groups excluding carboxylic acids is 1. The molecule has 1 heterocycles. The van der Waals surface area contributed by atoms with Crippen molar-refractivity contribution in [2.45, 2.75) is 0 Å². The van der Waals surface area contributed by atoms with Crippen LogP contribution in [0.5, 0.6) is 11.5 Å². The van der Waals surface area contributed by atoms with E-state index in [0.29, 0.717) is 40.3 Å². The van der Waals surface area contributed by atoms with Crippen LogP contribution in [-0.2, 0) is 0 Å². The van der Waals surface area contributed by atoms with Gasteiger partial charge in [0.1, 0.15) is 11.5 Å². The molecule has 4 aromatic rings. The van der Waals surface area contributed by atoms with Crippen molar-refractivity contribution in [3.8, 4) is 11.5 Å². The van der Waals surface area contributed by atoms with Crippen LogP contribution in [0.3, 0.4) is 0 Å². The van der Waals surface area contributed by atoms with Crippen LogP contribution in [0.25, 0.3) is 10.2 Å². The maximum Gasteiger partial charge on any atom is 0.263 e. The number of thiazole rings is 1. The first-order chi connectivity index (χ1) is 15.0. The van der Waals surface area contributed by atoms with Crippen molar-refractivity contribution in [3.05, 3.63) is 83.4 Å². The van der Waals surface area contributed by atoms with Crippen LogP contribution in [0.2, 0.25) is 5.02 Å². The molecule has 4 rings (SSSR count). The summed E-state index contributed by atoms with van der Waals surface area (Å²) in [5.41, 5.74) is 1.31. The normalized spacial score (nSPS) is 11.1. The molecule has 1 aromatic heterocycles. The number of benzene rings is 3. The zero-order valence-electron chi connectivity index (χ0n) is 17.3. The summed E-state index contributed by atoms with van der Waals surface area (Å²) >= 11 is 7.60. The fraction of sp³-hybridized carbons (Fsp3) is 0.167. The van der Waals surface area contributed by atoms with E-state index in [1.165, 1.54) is 11.3 Å². The minimum atomic E-state index is -0.154. The van der Waals surface area contributed by atoms with Gasteiger partial charge in [0.2, 0.25) is 0 Å². The molecule has 0 fully saturated rings. The molecule has 0 N–H and O–H groups in total. The topological polar surface area (TPSA) is 45.7 Å². The quantitative estimate of drug-likeness (QED) is 0.348. The van der Waals surface area contributed by atoms with Gasteiger partial charge in [-0.15, -0.1) is 0 Å². The Labute approximate surface area is 190 Å². The van der Waals surface area contributed by atoms with E-state index < -0.39 is 0 Å². The molecule has 1 amide bonds. The molecule has 3 aromatic carbocycles. The second-order valence-corrected chi connectivity index (χ2v) is 8.73. The third-order valence-electron chi connectivity index (χ3n) is 4.67. The molecular formula is C24H22ClN3O2S. The molecule has 0 atom stereocenters. The molecule has 0 saturated heterocycles. The largest absolute Gasteiger partial charge is 0.457 e. The van der Waals surface area contributed by atoms with E-state index >= 15 is 0 Å². The number of ether oxygens (including phenoxy) is 1. The summed E-state index contributed by atoms with van der Waals surface area (Å²) in [6, 6.07) is 22.3. The summed E-state index contributed by atoms with van der Waals surface area (Å²) in [6.07, 6.45) is 0. The number of hydrogen-bond acceptors (Lipinski definition) is 5. The Morgan fingerprint density at radius 3 is 2.52 bits per heavy atom. The van der Waals surface area contributed by atoms with Crippen molar-refractivity contribution in [3.63, 3.8) is 0 Å². The monoisotopic (exact) mass is 451 g/mol. The zero-order valence-corrected chi connectivity index (χ0v) is 18.9. The molecular weight excluding hydrogens is 430 g/mol. The summed E-state index contributed by atoms with van der Waals surface area (Å²) < 4.78 is 6.97. The lowest BCUT2D eigenvalue weighted by Gasteiger charge is -2.23. The fourth-order valence-electron chi connectivity index (χ4n) is 3.08. The summed E-state index contributed by atoms with van der Waals surface area (Å²) in [4.78, 5) is 22.1. The lowest BCUT2D eigenvalue weighted by molar-refractivity contribution is 0.0983. The molecule has 0 spiro atoms. The number of hydrogen-bond donors (Lipinski definition) is 0. The molecule has 0 aliphatic carbocycles. The zero-order chi connectivity index (χ0) is 21.8. The van der Waals surface area contributed by atoms with E-state index in [1.54, 1.807) is 11.0 Å². The summed E-state index contributed by atoms with van der Waals surface area (Å²) in [6.45, 7) is 1.20. The first-order valence-corrected chi connectivity index (χ1v) is 11.1. The predicted molar refractivity (Wildman–Crippen MR) is 128 cm³/mol. The smallest absolute Gasteiger partial charge is 0.263 e. The third-order valence-corrected chi connectivity index (χ3v) is 5.95. The van der Waals surface area contributed by atoms with Crippen LogP contribution in [0.1, 0.15) is 10.4 Å². The standard InChI is InChI=1S/C24H22ClN3O2S/c1-27(2)14-15-28(24-26-20-13-12-17(25)16-22(20)31-24)23(29)19-10-6-7-11-21(19)30-18-8-4-3-5-9-18/h3-13,16H,14-15H2,1-2H3. The van der Waals surface area contributed by atoms with Crippen LogP contribution >= 0.6 is 22.9 Å². The molecule has 7 heteroatoms. The molecule has 158 valence electrons. The maximum atomic E-state index is 13.7. The summed E-state index contributed by atoms with van der Waals surface area (Å²) in [5.74, 6) is 1.04. The van der Waals surface area contributed by atoms with Crippen molar-refractivity contribution in [1.82, 2.24) is 9.88 Å². The van der Waals surface area contributed by atoms with Crippen LogP contribution in [-0.4, -0.2) is 43.0 Å². The second-order valence-electron chi connectivity index (χ2n) is 7.28. The van der Waals surface area contributed by atoms with E-state index in [9.17, 15) is 4.79 Å².